The van der Waals surface area contributed by atoms with E-state index in [-0.39, 0.29) is 51.4 Å². The van der Waals surface area contributed by atoms with Gasteiger partial charge in [0.1, 0.15) is 12.5 Å². The molecule has 186 valence electrons. The largest absolute Gasteiger partial charge is 0.423 e. The van der Waals surface area contributed by atoms with Gasteiger partial charge < -0.3 is 9.64 Å². The third-order valence-electron chi connectivity index (χ3n) is 5.62. The standard InChI is InChI=1S/C22H18Cl3F6NO2/c1-2-15(33)6-4-12-3-5-14(9-16(12)21(26,27)28)32-10-20(34-11-32,22(29,30)31)13-7-17(23)19(25)18(24)8-13/h3,5,7-9H,2,4,6,10-11H2,1H3. The van der Waals surface area contributed by atoms with Crippen molar-refractivity contribution in [1.29, 1.82) is 0 Å². The van der Waals surface area contributed by atoms with Gasteiger partial charge in [-0.25, -0.2) is 0 Å². The van der Waals surface area contributed by atoms with E-state index in [1.54, 1.807) is 6.92 Å². The average molecular weight is 549 g/mol. The summed E-state index contributed by atoms with van der Waals surface area (Å²) >= 11 is 17.7. The minimum Gasteiger partial charge on any atom is -0.345 e. The summed E-state index contributed by atoms with van der Waals surface area (Å²) in [5.74, 6) is -0.194. The predicted molar refractivity (Wildman–Crippen MR) is 118 cm³/mol. The molecule has 1 aliphatic heterocycles. The first-order valence-corrected chi connectivity index (χ1v) is 11.2. The molecule has 2 aromatic rings. The van der Waals surface area contributed by atoms with Gasteiger partial charge in [-0.2, -0.15) is 26.3 Å². The summed E-state index contributed by atoms with van der Waals surface area (Å²) in [5, 5.41) is -0.577. The van der Waals surface area contributed by atoms with E-state index in [0.29, 0.717) is 0 Å². The van der Waals surface area contributed by atoms with Crippen molar-refractivity contribution in [2.24, 2.45) is 0 Å². The molecule has 0 amide bonds. The summed E-state index contributed by atoms with van der Waals surface area (Å²) < 4.78 is 88.9. The highest BCUT2D eigenvalue weighted by Gasteiger charge is 2.61. The summed E-state index contributed by atoms with van der Waals surface area (Å²) in [7, 11) is 0. The Kier molecular flexibility index (Phi) is 7.73. The maximum atomic E-state index is 14.2. The van der Waals surface area contributed by atoms with Crippen LogP contribution in [-0.2, 0) is 27.7 Å². The lowest BCUT2D eigenvalue weighted by Crippen LogP contribution is -2.46. The summed E-state index contributed by atoms with van der Waals surface area (Å²) in [6.45, 7) is 0.134. The minimum atomic E-state index is -4.95. The number of ether oxygens (including phenoxy) is 1. The van der Waals surface area contributed by atoms with Crippen molar-refractivity contribution in [1.82, 2.24) is 0 Å². The molecule has 12 heteroatoms. The van der Waals surface area contributed by atoms with Crippen molar-refractivity contribution in [2.45, 2.75) is 44.1 Å². The van der Waals surface area contributed by atoms with Crippen LogP contribution in [0.3, 0.4) is 0 Å². The number of carbonyl (C=O) groups is 1. The Morgan fingerprint density at radius 1 is 1.06 bits per heavy atom. The second kappa shape index (κ2) is 9.76. The molecule has 0 aromatic heterocycles. The minimum absolute atomic E-state index is 0.0684. The Hall–Kier alpha value is -1.68. The number of rotatable bonds is 6. The Balaban J connectivity index is 1.99. The van der Waals surface area contributed by atoms with E-state index >= 15 is 0 Å². The maximum Gasteiger partial charge on any atom is 0.423 e. The third-order valence-corrected chi connectivity index (χ3v) is 6.82. The van der Waals surface area contributed by atoms with E-state index in [4.69, 9.17) is 39.5 Å². The second-order valence-corrected chi connectivity index (χ2v) is 8.97. The van der Waals surface area contributed by atoms with Gasteiger partial charge in [-0.1, -0.05) is 47.8 Å². The number of carbonyl (C=O) groups excluding carboxylic acids is 1. The van der Waals surface area contributed by atoms with Crippen molar-refractivity contribution in [3.05, 3.63) is 62.1 Å². The number of anilines is 1. The quantitative estimate of drug-likeness (QED) is 0.272. The normalized spacial score (nSPS) is 19.1. The van der Waals surface area contributed by atoms with Crippen molar-refractivity contribution in [3.63, 3.8) is 0 Å². The van der Waals surface area contributed by atoms with E-state index in [1.165, 1.54) is 12.1 Å². The number of ketones is 1. The van der Waals surface area contributed by atoms with Gasteiger partial charge in [-0.3, -0.25) is 4.79 Å². The molecule has 1 fully saturated rings. The van der Waals surface area contributed by atoms with Crippen molar-refractivity contribution < 1.29 is 35.9 Å². The third kappa shape index (κ3) is 5.27. The molecule has 0 radical (unpaired) electrons. The molecule has 1 unspecified atom stereocenters. The Morgan fingerprint density at radius 2 is 1.68 bits per heavy atom. The molecule has 3 nitrogen and oxygen atoms in total. The highest BCUT2D eigenvalue weighted by atomic mass is 35.5. The summed E-state index contributed by atoms with van der Waals surface area (Å²) in [6, 6.07) is 5.16. The van der Waals surface area contributed by atoms with E-state index < -0.39 is 42.4 Å². The van der Waals surface area contributed by atoms with Gasteiger partial charge in [0.2, 0.25) is 5.60 Å². The molecule has 0 aliphatic carbocycles. The fourth-order valence-corrected chi connectivity index (χ4v) is 4.30. The van der Waals surface area contributed by atoms with Crippen LogP contribution in [0.4, 0.5) is 32.0 Å². The van der Waals surface area contributed by atoms with Crippen LogP contribution in [-0.4, -0.2) is 25.2 Å². The summed E-state index contributed by atoms with van der Waals surface area (Å²) in [6.07, 6.45) is -9.72. The molecular weight excluding hydrogens is 531 g/mol. The van der Waals surface area contributed by atoms with Crippen LogP contribution in [0.1, 0.15) is 36.5 Å². The molecule has 0 bridgehead atoms. The lowest BCUT2D eigenvalue weighted by Gasteiger charge is -2.31. The molecular formula is C22H18Cl3F6NO2. The molecule has 0 spiro atoms. The Morgan fingerprint density at radius 3 is 2.21 bits per heavy atom. The lowest BCUT2D eigenvalue weighted by molar-refractivity contribution is -0.264. The summed E-state index contributed by atoms with van der Waals surface area (Å²) in [4.78, 5) is 12.6. The van der Waals surface area contributed by atoms with Crippen LogP contribution in [0.15, 0.2) is 30.3 Å². The number of hydrogen-bond donors (Lipinski definition) is 0. The van der Waals surface area contributed by atoms with Gasteiger partial charge >= 0.3 is 12.4 Å². The fourth-order valence-electron chi connectivity index (χ4n) is 3.71. The number of nitrogens with zero attached hydrogens (tertiary/aromatic N) is 1. The number of alkyl halides is 6. The van der Waals surface area contributed by atoms with Crippen LogP contribution in [0.25, 0.3) is 0 Å². The van der Waals surface area contributed by atoms with Crippen LogP contribution in [0.2, 0.25) is 15.1 Å². The van der Waals surface area contributed by atoms with Gasteiger partial charge in [-0.15, -0.1) is 0 Å². The maximum absolute atomic E-state index is 14.2. The van der Waals surface area contributed by atoms with Crippen LogP contribution in [0, 0.1) is 0 Å². The number of benzene rings is 2. The first-order valence-electron chi connectivity index (χ1n) is 10.0. The van der Waals surface area contributed by atoms with E-state index in [9.17, 15) is 31.1 Å². The zero-order valence-electron chi connectivity index (χ0n) is 17.6. The molecule has 34 heavy (non-hydrogen) atoms. The second-order valence-electron chi connectivity index (χ2n) is 7.78. The molecule has 1 atom stereocenters. The molecule has 1 saturated heterocycles. The van der Waals surface area contributed by atoms with Crippen LogP contribution >= 0.6 is 34.8 Å². The van der Waals surface area contributed by atoms with E-state index in [0.717, 1.165) is 23.1 Å². The van der Waals surface area contributed by atoms with Crippen molar-refractivity contribution in [3.8, 4) is 0 Å². The number of Topliss-reactive ketones (excluding diaryl/α,β-unsaturated/α-hetero) is 1. The highest BCUT2D eigenvalue weighted by molar-refractivity contribution is 6.48. The topological polar surface area (TPSA) is 29.5 Å². The lowest BCUT2D eigenvalue weighted by atomic mass is 9.92. The van der Waals surface area contributed by atoms with E-state index in [1.807, 2.05) is 0 Å². The predicted octanol–water partition coefficient (Wildman–Crippen LogP) is 7.83. The van der Waals surface area contributed by atoms with Crippen molar-refractivity contribution >= 4 is 46.3 Å². The molecule has 0 N–H and O–H groups in total. The summed E-state index contributed by atoms with van der Waals surface area (Å²) in [5.41, 5.74) is -4.56. The SMILES string of the molecule is CCC(=O)CCc1ccc(N2COC(c3cc(Cl)c(Cl)c(Cl)c3)(C(F)(F)F)C2)cc1C(F)(F)F. The Bertz CT molecular complexity index is 1070. The van der Waals surface area contributed by atoms with Gasteiger partial charge in [0.15, 0.2) is 0 Å². The first kappa shape index (κ1) is 26.9. The zero-order chi connectivity index (χ0) is 25.5. The average Bonchev–Trinajstić information content (AvgIpc) is 3.21. The van der Waals surface area contributed by atoms with Crippen LogP contribution < -0.4 is 4.90 Å². The molecule has 1 heterocycles. The number of halogens is 9. The molecule has 1 aliphatic rings. The molecule has 2 aromatic carbocycles. The number of aryl methyl sites for hydroxylation is 1. The van der Waals surface area contributed by atoms with E-state index in [2.05, 4.69) is 0 Å². The number of hydrogen-bond acceptors (Lipinski definition) is 3. The van der Waals surface area contributed by atoms with Gasteiger partial charge in [0.25, 0.3) is 0 Å². The highest BCUT2D eigenvalue weighted by Crippen LogP contribution is 2.49. The van der Waals surface area contributed by atoms with Gasteiger partial charge in [-0.05, 0) is 41.8 Å². The van der Waals surface area contributed by atoms with Gasteiger partial charge in [0.05, 0.1) is 27.2 Å². The smallest absolute Gasteiger partial charge is 0.345 e. The monoisotopic (exact) mass is 547 g/mol. The first-order chi connectivity index (χ1) is 15.7. The van der Waals surface area contributed by atoms with Crippen molar-refractivity contribution in [2.75, 3.05) is 18.2 Å². The fraction of sp³-hybridized carbons (Fsp3) is 0.409. The van der Waals surface area contributed by atoms with Gasteiger partial charge in [0, 0.05) is 18.5 Å². The molecule has 3 rings (SSSR count). The Labute approximate surface area is 206 Å². The van der Waals surface area contributed by atoms with Crippen LogP contribution in [0.5, 0.6) is 0 Å². The zero-order valence-corrected chi connectivity index (χ0v) is 19.9. The molecule has 0 saturated carbocycles.